The van der Waals surface area contributed by atoms with Crippen molar-refractivity contribution in [1.29, 1.82) is 0 Å². The first-order chi connectivity index (χ1) is 11.1. The number of hydrogen-bond donors (Lipinski definition) is 0. The van der Waals surface area contributed by atoms with E-state index in [4.69, 9.17) is 4.74 Å². The average Bonchev–Trinajstić information content (AvgIpc) is 2.33. The third-order valence-electron chi connectivity index (χ3n) is 1.13. The zero-order valence-corrected chi connectivity index (χ0v) is 21.8. The highest BCUT2D eigenvalue weighted by Gasteiger charge is 2.04. The molecule has 0 aromatic heterocycles. The molecule has 26 heavy (non-hydrogen) atoms. The smallest absolute Gasteiger partial charge is 0.305 e. The Labute approximate surface area is 166 Å². The number of methoxy groups -OCH3 is 2. The highest BCUT2D eigenvalue weighted by atomic mass is 28.3. The lowest BCUT2D eigenvalue weighted by Gasteiger charge is -2.14. The van der Waals surface area contributed by atoms with Crippen LogP contribution in [0.4, 0.5) is 0 Å². The molecule has 0 aliphatic carbocycles. The Morgan fingerprint density at radius 2 is 0.962 bits per heavy atom. The number of ketones is 1. The molecule has 0 aliphatic rings. The summed E-state index contributed by atoms with van der Waals surface area (Å²) >= 11 is 0. The van der Waals surface area contributed by atoms with Crippen LogP contribution in [0.5, 0.6) is 0 Å². The summed E-state index contributed by atoms with van der Waals surface area (Å²) < 4.78 is 9.20. The lowest BCUT2D eigenvalue weighted by molar-refractivity contribution is -0.140. The lowest BCUT2D eigenvalue weighted by Crippen LogP contribution is -2.15. The van der Waals surface area contributed by atoms with Crippen molar-refractivity contribution in [2.24, 2.45) is 5.41 Å². The number of esters is 1. The van der Waals surface area contributed by atoms with Gasteiger partial charge in [-0.25, -0.2) is 0 Å². The predicted octanol–water partition coefficient (Wildman–Crippen LogP) is 6.60. The molecule has 162 valence electrons. The molecule has 0 heterocycles. The molecule has 0 aromatic rings. The molecule has 0 spiro atoms. The average molecular weight is 395 g/mol. The Morgan fingerprint density at radius 3 is 0.962 bits per heavy atom. The molecule has 0 fully saturated rings. The van der Waals surface area contributed by atoms with Gasteiger partial charge in [-0.1, -0.05) is 60.8 Å². The van der Waals surface area contributed by atoms with Crippen LogP contribution < -0.4 is 0 Å². The molecule has 0 saturated carbocycles. The Kier molecular flexibility index (Phi) is 26.6. The van der Waals surface area contributed by atoms with Crippen molar-refractivity contribution >= 4 is 19.8 Å². The maximum Gasteiger partial charge on any atom is 0.305 e. The lowest BCUT2D eigenvalue weighted by atomic mass is 10.0. The van der Waals surface area contributed by atoms with Crippen LogP contribution in [0.25, 0.3) is 0 Å². The number of carbonyl (C=O) groups excluding carboxylic acids is 2. The fourth-order valence-electron chi connectivity index (χ4n) is 0.144. The molecule has 5 heteroatoms. The van der Waals surface area contributed by atoms with Gasteiger partial charge in [0.2, 0.25) is 0 Å². The van der Waals surface area contributed by atoms with Gasteiger partial charge < -0.3 is 14.3 Å². The van der Waals surface area contributed by atoms with Gasteiger partial charge in [-0.2, -0.15) is 0 Å². The maximum absolute atomic E-state index is 9.96. The minimum atomic E-state index is -0.611. The number of Topliss-reactive ketones (excluding diaryl/α,β-unsaturated/α-hetero) is 1. The molecule has 0 N–H and O–H groups in total. The van der Waals surface area contributed by atoms with Gasteiger partial charge >= 0.3 is 5.97 Å². The van der Waals surface area contributed by atoms with Crippen LogP contribution in [0.15, 0.2) is 0 Å². The van der Waals surface area contributed by atoms with E-state index in [0.717, 1.165) is 0 Å². The van der Waals surface area contributed by atoms with Gasteiger partial charge in [0.05, 0.1) is 12.7 Å². The van der Waals surface area contributed by atoms with Gasteiger partial charge in [-0.3, -0.25) is 4.79 Å². The zero-order valence-electron chi connectivity index (χ0n) is 20.8. The first-order valence-corrected chi connectivity index (χ1v) is 13.2. The molecule has 0 amide bonds. The highest BCUT2D eigenvalue weighted by Crippen LogP contribution is 2.08. The minimum Gasteiger partial charge on any atom is -0.469 e. The standard InChI is InChI=1S/C5H12O.C5H12.C4H8O2.C4H12Si.C3H6O/c1-5(2,3)6-4;1-5(2,3)4;1-3-4(5)6-2;1-5(2,3)4;1-3(2)4/h1-4H3;1-4H3;3H2,1-2H3;1-4H3;1-2H3. The number of rotatable bonds is 1. The number of hydrogen-bond acceptors (Lipinski definition) is 4. The van der Waals surface area contributed by atoms with Crippen molar-refractivity contribution in [2.45, 2.75) is 107 Å². The summed E-state index contributed by atoms with van der Waals surface area (Å²) in [5.74, 6) is 0.00926. The van der Waals surface area contributed by atoms with Gasteiger partial charge in [0, 0.05) is 21.6 Å². The SMILES string of the molecule is CC(C)(C)C.CC(C)=O.CCC(=O)OC.COC(C)(C)C.C[Si](C)(C)C. The summed E-state index contributed by atoms with van der Waals surface area (Å²) in [5, 5.41) is 0. The second-order valence-corrected chi connectivity index (χ2v) is 16.2. The van der Waals surface area contributed by atoms with Crippen LogP contribution in [-0.2, 0) is 19.1 Å². The third-order valence-corrected chi connectivity index (χ3v) is 1.13. The van der Waals surface area contributed by atoms with E-state index in [9.17, 15) is 9.59 Å². The molecule has 0 radical (unpaired) electrons. The van der Waals surface area contributed by atoms with Crippen LogP contribution >= 0.6 is 0 Å². The zero-order chi connectivity index (χ0) is 22.8. The molecule has 4 nitrogen and oxygen atoms in total. The Morgan fingerprint density at radius 1 is 0.808 bits per heavy atom. The molecule has 0 bridgehead atoms. The number of ether oxygens (including phenoxy) is 2. The first-order valence-electron chi connectivity index (χ1n) is 9.19. The predicted molar refractivity (Wildman–Crippen MR) is 120 cm³/mol. The van der Waals surface area contributed by atoms with E-state index in [1.54, 1.807) is 14.0 Å². The van der Waals surface area contributed by atoms with E-state index in [0.29, 0.717) is 11.8 Å². The largest absolute Gasteiger partial charge is 0.469 e. The minimum absolute atomic E-state index is 0.0417. The summed E-state index contributed by atoms with van der Waals surface area (Å²) in [6.07, 6.45) is 0.469. The van der Waals surface area contributed by atoms with E-state index in [1.165, 1.54) is 21.0 Å². The normalized spacial score (nSPS) is 10.2. The first kappa shape index (κ1) is 36.3. The summed E-state index contributed by atoms with van der Waals surface area (Å²) in [6, 6.07) is 0. The summed E-state index contributed by atoms with van der Waals surface area (Å²) in [6.45, 7) is 28.9. The van der Waals surface area contributed by atoms with E-state index in [1.807, 2.05) is 20.8 Å². The summed E-state index contributed by atoms with van der Waals surface area (Å²) in [4.78, 5) is 19.4. The monoisotopic (exact) mass is 394 g/mol. The second kappa shape index (κ2) is 19.1. The van der Waals surface area contributed by atoms with Gasteiger partial charge in [0.1, 0.15) is 5.78 Å². The second-order valence-electron chi connectivity index (χ2n) is 10.2. The van der Waals surface area contributed by atoms with E-state index in [-0.39, 0.29) is 17.4 Å². The molecular formula is C21H50O4Si. The van der Waals surface area contributed by atoms with E-state index < -0.39 is 8.07 Å². The summed E-state index contributed by atoms with van der Waals surface area (Å²) in [7, 11) is 2.48. The van der Waals surface area contributed by atoms with Crippen molar-refractivity contribution < 1.29 is 19.1 Å². The van der Waals surface area contributed by atoms with Gasteiger partial charge in [0.15, 0.2) is 0 Å². The Bertz CT molecular complexity index is 284. The van der Waals surface area contributed by atoms with Crippen LogP contribution in [0, 0.1) is 5.41 Å². The Balaban J connectivity index is -0.0000000712. The van der Waals surface area contributed by atoms with Crippen molar-refractivity contribution in [3.63, 3.8) is 0 Å². The van der Waals surface area contributed by atoms with Crippen molar-refractivity contribution in [1.82, 2.24) is 0 Å². The summed E-state index contributed by atoms with van der Waals surface area (Å²) in [5.41, 5.74) is 0.542. The Hall–Kier alpha value is -0.683. The maximum atomic E-state index is 9.96. The molecule has 0 aliphatic heterocycles. The van der Waals surface area contributed by atoms with Gasteiger partial charge in [-0.05, 0) is 40.0 Å². The van der Waals surface area contributed by atoms with Gasteiger partial charge in [0.25, 0.3) is 0 Å². The fraction of sp³-hybridized carbons (Fsp3) is 0.905. The van der Waals surface area contributed by atoms with Crippen LogP contribution in [0.2, 0.25) is 26.2 Å². The molecule has 0 aromatic carbocycles. The van der Waals surface area contributed by atoms with Crippen LogP contribution in [-0.4, -0.2) is 39.6 Å². The topological polar surface area (TPSA) is 52.6 Å². The van der Waals surface area contributed by atoms with Gasteiger partial charge in [-0.15, -0.1) is 0 Å². The van der Waals surface area contributed by atoms with E-state index >= 15 is 0 Å². The van der Waals surface area contributed by atoms with Crippen molar-refractivity contribution in [2.75, 3.05) is 14.2 Å². The van der Waals surface area contributed by atoms with Crippen molar-refractivity contribution in [3.05, 3.63) is 0 Å². The third kappa shape index (κ3) is 291. The van der Waals surface area contributed by atoms with Crippen LogP contribution in [0.3, 0.4) is 0 Å². The van der Waals surface area contributed by atoms with Crippen molar-refractivity contribution in [3.8, 4) is 0 Å². The van der Waals surface area contributed by atoms with E-state index in [2.05, 4.69) is 58.6 Å². The number of carbonyl (C=O) groups is 2. The van der Waals surface area contributed by atoms with Crippen LogP contribution in [0.1, 0.15) is 75.7 Å². The molecule has 0 saturated heterocycles. The molecule has 0 unspecified atom stereocenters. The quantitative estimate of drug-likeness (QED) is 0.371. The molecule has 0 rings (SSSR count). The molecular weight excluding hydrogens is 344 g/mol. The highest BCUT2D eigenvalue weighted by molar-refractivity contribution is 6.74. The fourth-order valence-corrected chi connectivity index (χ4v) is 0.144. The molecule has 0 atom stereocenters.